The molecule has 2 aliphatic rings. The van der Waals surface area contributed by atoms with Crippen LogP contribution in [-0.2, 0) is 9.31 Å². The fourth-order valence-corrected chi connectivity index (χ4v) is 3.71. The van der Waals surface area contributed by atoms with Crippen molar-refractivity contribution in [3.8, 4) is 0 Å². The molecule has 8 heteroatoms. The summed E-state index contributed by atoms with van der Waals surface area (Å²) in [6.45, 7) is 11.9. The summed E-state index contributed by atoms with van der Waals surface area (Å²) in [7, 11) is 1.65. The molecule has 0 atom stereocenters. The molecule has 1 amide bonds. The molecule has 31 heavy (non-hydrogen) atoms. The van der Waals surface area contributed by atoms with Gasteiger partial charge in [-0.1, -0.05) is 12.1 Å². The third kappa shape index (κ3) is 4.61. The van der Waals surface area contributed by atoms with Gasteiger partial charge in [-0.05, 0) is 64.5 Å². The van der Waals surface area contributed by atoms with Crippen LogP contribution >= 0.6 is 0 Å². The lowest BCUT2D eigenvalue weighted by molar-refractivity contribution is 0.00578. The van der Waals surface area contributed by atoms with Gasteiger partial charge in [0.05, 0.1) is 11.2 Å². The molecule has 7 nitrogen and oxygen atoms in total. The highest BCUT2D eigenvalue weighted by Gasteiger charge is 2.51. The Morgan fingerprint density at radius 1 is 1.03 bits per heavy atom. The molecule has 2 aliphatic heterocycles. The number of likely N-dealkylation sites (N-methyl/N-ethyl adjacent to an activating group) is 1. The van der Waals surface area contributed by atoms with E-state index in [9.17, 15) is 4.79 Å². The van der Waals surface area contributed by atoms with Crippen molar-refractivity contribution in [1.29, 1.82) is 0 Å². The number of hydrogen-bond acceptors (Lipinski definition) is 6. The number of aromatic nitrogens is 1. The van der Waals surface area contributed by atoms with Crippen molar-refractivity contribution in [3.63, 3.8) is 0 Å². The Morgan fingerprint density at radius 2 is 1.71 bits per heavy atom. The molecule has 0 spiro atoms. The number of amides is 1. The van der Waals surface area contributed by atoms with Crippen molar-refractivity contribution in [2.75, 3.05) is 43.4 Å². The molecule has 0 aliphatic carbocycles. The van der Waals surface area contributed by atoms with Crippen molar-refractivity contribution >= 4 is 30.0 Å². The molecule has 1 N–H and O–H groups in total. The number of hydrogen-bond donors (Lipinski definition) is 1. The standard InChI is InChI=1S/C23H31BN4O3/c1-22(2)23(3,4)31-24(30-22)18-7-6-8-19(16-18)26-21(29)17-9-10-25-20(15-17)28-13-11-27(5)12-14-28/h6-10,15-16H,11-14H2,1-5H3,(H,26,29). The van der Waals surface area contributed by atoms with Crippen LogP contribution in [0.2, 0.25) is 0 Å². The smallest absolute Gasteiger partial charge is 0.399 e. The molecule has 0 unspecified atom stereocenters. The summed E-state index contributed by atoms with van der Waals surface area (Å²) in [6, 6.07) is 11.2. The van der Waals surface area contributed by atoms with E-state index < -0.39 is 18.3 Å². The Kier molecular flexibility index (Phi) is 5.81. The largest absolute Gasteiger partial charge is 0.494 e. The van der Waals surface area contributed by atoms with Gasteiger partial charge in [-0.15, -0.1) is 0 Å². The first-order valence-corrected chi connectivity index (χ1v) is 10.8. The number of anilines is 2. The molecule has 3 heterocycles. The Morgan fingerprint density at radius 3 is 2.39 bits per heavy atom. The highest BCUT2D eigenvalue weighted by Crippen LogP contribution is 2.36. The van der Waals surface area contributed by atoms with Crippen molar-refractivity contribution in [2.24, 2.45) is 0 Å². The second-order valence-electron chi connectivity index (χ2n) is 9.36. The first kappa shape index (κ1) is 21.8. The third-order valence-electron chi connectivity index (χ3n) is 6.50. The summed E-state index contributed by atoms with van der Waals surface area (Å²) < 4.78 is 12.3. The molecule has 2 saturated heterocycles. The van der Waals surface area contributed by atoms with Crippen molar-refractivity contribution in [3.05, 3.63) is 48.2 Å². The summed E-state index contributed by atoms with van der Waals surface area (Å²) in [5.41, 5.74) is 1.35. The average molecular weight is 422 g/mol. The fourth-order valence-electron chi connectivity index (χ4n) is 3.71. The summed E-state index contributed by atoms with van der Waals surface area (Å²) in [5.74, 6) is 0.676. The molecule has 164 valence electrons. The van der Waals surface area contributed by atoms with Crippen molar-refractivity contribution < 1.29 is 14.1 Å². The SMILES string of the molecule is CN1CCN(c2cc(C(=O)Nc3cccc(B4OC(C)(C)C(C)(C)O4)c3)ccn2)CC1. The van der Waals surface area contributed by atoms with E-state index in [0.29, 0.717) is 11.3 Å². The van der Waals surface area contributed by atoms with E-state index in [0.717, 1.165) is 37.5 Å². The monoisotopic (exact) mass is 422 g/mol. The number of rotatable bonds is 4. The topological polar surface area (TPSA) is 66.9 Å². The van der Waals surface area contributed by atoms with Gasteiger partial charge in [-0.3, -0.25) is 4.79 Å². The lowest BCUT2D eigenvalue weighted by atomic mass is 9.79. The lowest BCUT2D eigenvalue weighted by Crippen LogP contribution is -2.44. The van der Waals surface area contributed by atoms with Gasteiger partial charge in [0.25, 0.3) is 5.91 Å². The molecule has 0 bridgehead atoms. The number of carbonyl (C=O) groups is 1. The first-order chi connectivity index (χ1) is 14.6. The van der Waals surface area contributed by atoms with Crippen LogP contribution in [0.1, 0.15) is 38.1 Å². The predicted molar refractivity (Wildman–Crippen MR) is 124 cm³/mol. The van der Waals surface area contributed by atoms with Gasteiger partial charge in [-0.25, -0.2) is 4.98 Å². The van der Waals surface area contributed by atoms with E-state index in [4.69, 9.17) is 9.31 Å². The summed E-state index contributed by atoms with van der Waals surface area (Å²) in [5, 5.41) is 3.00. The zero-order valence-corrected chi connectivity index (χ0v) is 19.0. The zero-order chi connectivity index (χ0) is 22.2. The van der Waals surface area contributed by atoms with Gasteiger partial charge < -0.3 is 24.4 Å². The Bertz CT molecular complexity index is 941. The molecule has 2 aromatic rings. The van der Waals surface area contributed by atoms with E-state index in [-0.39, 0.29) is 5.91 Å². The second kappa shape index (κ2) is 8.26. The number of nitrogens with zero attached hydrogens (tertiary/aromatic N) is 3. The summed E-state index contributed by atoms with van der Waals surface area (Å²) in [6.07, 6.45) is 1.70. The van der Waals surface area contributed by atoms with Crippen LogP contribution in [-0.4, -0.2) is 67.3 Å². The normalized spacial score (nSPS) is 20.7. The molecule has 1 aromatic carbocycles. The maximum Gasteiger partial charge on any atom is 0.494 e. The fraction of sp³-hybridized carbons (Fsp3) is 0.478. The van der Waals surface area contributed by atoms with Crippen molar-refractivity contribution in [2.45, 2.75) is 38.9 Å². The van der Waals surface area contributed by atoms with E-state index in [1.165, 1.54) is 0 Å². The average Bonchev–Trinajstić information content (AvgIpc) is 2.96. The van der Waals surface area contributed by atoms with E-state index >= 15 is 0 Å². The van der Waals surface area contributed by atoms with Crippen LogP contribution in [0.4, 0.5) is 11.5 Å². The third-order valence-corrected chi connectivity index (χ3v) is 6.50. The number of benzene rings is 1. The zero-order valence-electron chi connectivity index (χ0n) is 19.0. The highest BCUT2D eigenvalue weighted by molar-refractivity contribution is 6.62. The van der Waals surface area contributed by atoms with Crippen LogP contribution in [0.25, 0.3) is 0 Å². The van der Waals surface area contributed by atoms with E-state index in [2.05, 4.69) is 27.1 Å². The Hall–Kier alpha value is -2.42. The van der Waals surface area contributed by atoms with Gasteiger partial charge >= 0.3 is 7.12 Å². The second-order valence-corrected chi connectivity index (χ2v) is 9.36. The molecule has 4 rings (SSSR count). The minimum atomic E-state index is -0.466. The quantitative estimate of drug-likeness (QED) is 0.764. The van der Waals surface area contributed by atoms with Crippen LogP contribution in [0.5, 0.6) is 0 Å². The molecule has 1 aromatic heterocycles. The maximum absolute atomic E-state index is 12.9. The lowest BCUT2D eigenvalue weighted by Gasteiger charge is -2.33. The van der Waals surface area contributed by atoms with E-state index in [1.54, 1.807) is 12.3 Å². The van der Waals surface area contributed by atoms with Gasteiger partial charge in [0.15, 0.2) is 0 Å². The highest BCUT2D eigenvalue weighted by atomic mass is 16.7. The van der Waals surface area contributed by atoms with E-state index in [1.807, 2.05) is 58.0 Å². The van der Waals surface area contributed by atoms with Crippen LogP contribution < -0.4 is 15.7 Å². The summed E-state index contributed by atoms with van der Waals surface area (Å²) in [4.78, 5) is 21.9. The van der Waals surface area contributed by atoms with Crippen LogP contribution in [0.3, 0.4) is 0 Å². The molecular weight excluding hydrogens is 391 g/mol. The van der Waals surface area contributed by atoms with Gasteiger partial charge in [0, 0.05) is 43.6 Å². The molecule has 0 saturated carbocycles. The molecule has 2 fully saturated rings. The van der Waals surface area contributed by atoms with Crippen molar-refractivity contribution in [1.82, 2.24) is 9.88 Å². The van der Waals surface area contributed by atoms with Gasteiger partial charge in [0.2, 0.25) is 0 Å². The number of carbonyl (C=O) groups excluding carboxylic acids is 1. The van der Waals surface area contributed by atoms with Crippen LogP contribution in [0, 0.1) is 0 Å². The van der Waals surface area contributed by atoms with Gasteiger partial charge in [0.1, 0.15) is 5.82 Å². The van der Waals surface area contributed by atoms with Crippen LogP contribution in [0.15, 0.2) is 42.6 Å². The Balaban J connectivity index is 1.46. The molecular formula is C23H31BN4O3. The minimum Gasteiger partial charge on any atom is -0.399 e. The summed E-state index contributed by atoms with van der Waals surface area (Å²) >= 11 is 0. The Labute approximate surface area is 184 Å². The maximum atomic E-state index is 12.9. The van der Waals surface area contributed by atoms with Gasteiger partial charge in [-0.2, -0.15) is 0 Å². The minimum absolute atomic E-state index is 0.163. The predicted octanol–water partition coefficient (Wildman–Crippen LogP) is 2.38. The molecule has 0 radical (unpaired) electrons. The number of pyridine rings is 1. The first-order valence-electron chi connectivity index (χ1n) is 10.8. The number of nitrogens with one attached hydrogen (secondary N) is 1. The number of piperazine rings is 1.